The van der Waals surface area contributed by atoms with Crippen molar-refractivity contribution in [2.45, 2.75) is 12.3 Å². The second-order valence-electron chi connectivity index (χ2n) is 4.32. The van der Waals surface area contributed by atoms with E-state index < -0.39 is 0 Å². The van der Waals surface area contributed by atoms with E-state index in [0.717, 1.165) is 21.4 Å². The fourth-order valence-electron chi connectivity index (χ4n) is 2.26. The molecular weight excluding hydrogens is 224 g/mol. The van der Waals surface area contributed by atoms with Crippen molar-refractivity contribution in [1.29, 1.82) is 0 Å². The van der Waals surface area contributed by atoms with Crippen LogP contribution < -0.4 is 21.4 Å². The monoisotopic (exact) mass is 234 g/mol. The molecule has 0 aliphatic carbocycles. The van der Waals surface area contributed by atoms with Gasteiger partial charge in [0.15, 0.2) is 12.3 Å². The van der Waals surface area contributed by atoms with E-state index in [0.29, 0.717) is 0 Å². The fourth-order valence-corrected chi connectivity index (χ4v) is 2.26. The number of para-hydroxylation sites is 4. The molecule has 0 atom stereocenters. The van der Waals surface area contributed by atoms with Gasteiger partial charge in [0, 0.05) is 0 Å². The fraction of sp³-hybridized carbons (Fsp3) is 0.143. The van der Waals surface area contributed by atoms with Gasteiger partial charge >= 0.3 is 0 Å². The van der Waals surface area contributed by atoms with Gasteiger partial charge in [-0.15, -0.1) is 0 Å². The van der Waals surface area contributed by atoms with Crippen molar-refractivity contribution >= 4 is 0 Å². The quantitative estimate of drug-likeness (QED) is 0.641. The highest BCUT2D eigenvalue weighted by Gasteiger charge is 2.22. The van der Waals surface area contributed by atoms with Crippen LogP contribution in [0.3, 0.4) is 0 Å². The largest absolute Gasteiger partial charge is 0.252 e. The minimum Gasteiger partial charge on any atom is -0.252 e. The second kappa shape index (κ2) is 3.57. The topological polar surface area (TPSA) is 49.4 Å². The number of fused-ring (bicyclic) bond motifs is 2. The summed E-state index contributed by atoms with van der Waals surface area (Å²) in [5.41, 5.74) is 0. The molecule has 0 saturated heterocycles. The van der Waals surface area contributed by atoms with Gasteiger partial charge in [-0.05, 0) is 24.3 Å². The van der Waals surface area contributed by atoms with E-state index in [4.69, 9.17) is 0 Å². The molecule has 0 N–H and O–H groups in total. The predicted molar refractivity (Wildman–Crippen MR) is 65.1 cm³/mol. The lowest BCUT2D eigenvalue weighted by Gasteiger charge is -2.06. The molecule has 0 radical (unpaired) electrons. The number of benzene rings is 2. The van der Waals surface area contributed by atoms with Gasteiger partial charge in [0.25, 0.3) is 0 Å². The van der Waals surface area contributed by atoms with Crippen molar-refractivity contribution in [3.63, 3.8) is 0 Å². The molecule has 0 unspecified atom stereocenters. The minimum atomic E-state index is -0.213. The van der Waals surface area contributed by atoms with Crippen molar-refractivity contribution in [1.82, 2.24) is 0 Å². The Labute approximate surface area is 103 Å². The summed E-state index contributed by atoms with van der Waals surface area (Å²) in [6, 6.07) is 15.8. The first-order chi connectivity index (χ1) is 8.90. The summed E-state index contributed by atoms with van der Waals surface area (Å²) in [7, 11) is 0. The third kappa shape index (κ3) is 1.39. The first kappa shape index (κ1) is 9.65. The SMILES string of the molecule is c1ccc2c(c1)=NC(C1N=c3ccccc3=N1)N=2. The summed E-state index contributed by atoms with van der Waals surface area (Å²) in [5, 5.41) is 3.74. The maximum Gasteiger partial charge on any atom is 0.183 e. The zero-order chi connectivity index (χ0) is 11.9. The molecule has 4 heteroatoms. The molecule has 0 aromatic heterocycles. The molecule has 18 heavy (non-hydrogen) atoms. The van der Waals surface area contributed by atoms with Gasteiger partial charge < -0.3 is 0 Å². The highest BCUT2D eigenvalue weighted by Crippen LogP contribution is 2.08. The third-order valence-electron chi connectivity index (χ3n) is 3.12. The predicted octanol–water partition coefficient (Wildman–Crippen LogP) is -0.455. The van der Waals surface area contributed by atoms with Crippen molar-refractivity contribution in [2.24, 2.45) is 20.0 Å². The normalized spacial score (nSPS) is 17.1. The first-order valence-electron chi connectivity index (χ1n) is 5.92. The summed E-state index contributed by atoms with van der Waals surface area (Å²) in [5.74, 6) is 0. The van der Waals surface area contributed by atoms with Gasteiger partial charge in [0.2, 0.25) is 0 Å². The van der Waals surface area contributed by atoms with Crippen LogP contribution in [0.1, 0.15) is 0 Å². The zero-order valence-electron chi connectivity index (χ0n) is 9.56. The van der Waals surface area contributed by atoms with E-state index in [1.54, 1.807) is 0 Å². The number of hydrogen-bond acceptors (Lipinski definition) is 4. The van der Waals surface area contributed by atoms with Crippen LogP contribution in [0, 0.1) is 0 Å². The Morgan fingerprint density at radius 1 is 0.500 bits per heavy atom. The van der Waals surface area contributed by atoms with Gasteiger partial charge in [-0.1, -0.05) is 24.3 Å². The Balaban J connectivity index is 1.81. The Morgan fingerprint density at radius 2 is 0.778 bits per heavy atom. The van der Waals surface area contributed by atoms with Crippen molar-refractivity contribution in [2.75, 3.05) is 0 Å². The summed E-state index contributed by atoms with van der Waals surface area (Å²) < 4.78 is 0. The van der Waals surface area contributed by atoms with Gasteiger partial charge in [-0.25, -0.2) is 0 Å². The van der Waals surface area contributed by atoms with Gasteiger partial charge in [-0.3, -0.25) is 20.0 Å². The van der Waals surface area contributed by atoms with Gasteiger partial charge in [0.05, 0.1) is 21.4 Å². The van der Waals surface area contributed by atoms with E-state index in [-0.39, 0.29) is 12.3 Å². The van der Waals surface area contributed by atoms with Crippen molar-refractivity contribution in [3.05, 3.63) is 70.0 Å². The lowest BCUT2D eigenvalue weighted by molar-refractivity contribution is 0.561. The molecule has 4 rings (SSSR count). The Morgan fingerprint density at radius 3 is 1.06 bits per heavy atom. The van der Waals surface area contributed by atoms with Crippen LogP contribution in [0.5, 0.6) is 0 Å². The molecule has 2 aliphatic rings. The van der Waals surface area contributed by atoms with Crippen LogP contribution in [0.25, 0.3) is 0 Å². The van der Waals surface area contributed by atoms with E-state index in [2.05, 4.69) is 20.0 Å². The maximum atomic E-state index is 4.56. The van der Waals surface area contributed by atoms with E-state index >= 15 is 0 Å². The second-order valence-corrected chi connectivity index (χ2v) is 4.32. The van der Waals surface area contributed by atoms with Crippen LogP contribution >= 0.6 is 0 Å². The van der Waals surface area contributed by atoms with Crippen molar-refractivity contribution in [3.8, 4) is 0 Å². The van der Waals surface area contributed by atoms with Crippen LogP contribution in [0.4, 0.5) is 0 Å². The number of rotatable bonds is 1. The van der Waals surface area contributed by atoms with Gasteiger partial charge in [-0.2, -0.15) is 0 Å². The highest BCUT2D eigenvalue weighted by molar-refractivity contribution is 5.08. The molecule has 2 aromatic carbocycles. The van der Waals surface area contributed by atoms with Crippen LogP contribution in [0.15, 0.2) is 68.5 Å². The third-order valence-corrected chi connectivity index (χ3v) is 3.12. The summed E-state index contributed by atoms with van der Waals surface area (Å²) >= 11 is 0. The van der Waals surface area contributed by atoms with E-state index in [1.807, 2.05) is 48.5 Å². The number of hydrogen-bond donors (Lipinski definition) is 0. The smallest absolute Gasteiger partial charge is 0.183 e. The Bertz CT molecular complexity index is 710. The number of nitrogens with zero attached hydrogens (tertiary/aromatic N) is 4. The van der Waals surface area contributed by atoms with Crippen LogP contribution in [-0.4, -0.2) is 12.3 Å². The molecule has 0 spiro atoms. The Hall–Kier alpha value is -2.36. The van der Waals surface area contributed by atoms with E-state index in [1.165, 1.54) is 0 Å². The van der Waals surface area contributed by atoms with Gasteiger partial charge in [0.1, 0.15) is 0 Å². The first-order valence-corrected chi connectivity index (χ1v) is 5.92. The molecule has 0 amide bonds. The molecule has 4 nitrogen and oxygen atoms in total. The molecule has 0 bridgehead atoms. The summed E-state index contributed by atoms with van der Waals surface area (Å²) in [6.45, 7) is 0. The van der Waals surface area contributed by atoms with Crippen molar-refractivity contribution < 1.29 is 0 Å². The van der Waals surface area contributed by atoms with Crippen LogP contribution in [0.2, 0.25) is 0 Å². The standard InChI is InChI=1S/C14H10N4/c1-2-6-10-9(5-1)15-13(16-10)14-17-11-7-3-4-8-12(11)18-14/h1-8,13-14H. The summed E-state index contributed by atoms with van der Waals surface area (Å²) in [6.07, 6.45) is -0.426. The molecule has 0 saturated carbocycles. The van der Waals surface area contributed by atoms with E-state index in [9.17, 15) is 0 Å². The lowest BCUT2D eigenvalue weighted by atomic mass is 10.3. The summed E-state index contributed by atoms with van der Waals surface area (Å²) in [4.78, 5) is 18.2. The molecule has 86 valence electrons. The molecule has 2 heterocycles. The van der Waals surface area contributed by atoms with Crippen LogP contribution in [-0.2, 0) is 0 Å². The average Bonchev–Trinajstić information content (AvgIpc) is 3.02. The average molecular weight is 234 g/mol. The molecular formula is C14H10N4. The molecule has 2 aliphatic heterocycles. The molecule has 2 aromatic rings. The molecule has 0 fully saturated rings. The minimum absolute atomic E-state index is 0.213. The Kier molecular flexibility index (Phi) is 1.91. The highest BCUT2D eigenvalue weighted by atomic mass is 15.2. The maximum absolute atomic E-state index is 4.56. The lowest BCUT2D eigenvalue weighted by Crippen LogP contribution is -2.19. The zero-order valence-corrected chi connectivity index (χ0v) is 9.56.